The third-order valence-corrected chi connectivity index (χ3v) is 2.79. The number of hydrogen-bond donors (Lipinski definition) is 2. The summed E-state index contributed by atoms with van der Waals surface area (Å²) in [6.45, 7) is 3.72. The Balaban J connectivity index is 3.05. The van der Waals surface area contributed by atoms with Crippen LogP contribution in [0.1, 0.15) is 24.1 Å². The van der Waals surface area contributed by atoms with Gasteiger partial charge in [-0.05, 0) is 59.7 Å². The predicted octanol–water partition coefficient (Wildman–Crippen LogP) is 1.98. The number of aliphatic hydroxyl groups is 1. The quantitative estimate of drug-likeness (QED) is 0.818. The predicted molar refractivity (Wildman–Crippen MR) is 62.5 cm³/mol. The van der Waals surface area contributed by atoms with E-state index in [0.29, 0.717) is 0 Å². The Labute approximate surface area is 92.3 Å². The molecule has 2 nitrogen and oxygen atoms in total. The molecular formula is C10H14INO. The molecule has 0 heterocycles. The van der Waals surface area contributed by atoms with Crippen LogP contribution in [0.4, 0.5) is 0 Å². The van der Waals surface area contributed by atoms with Crippen LogP contribution in [-0.2, 0) is 0 Å². The summed E-state index contributed by atoms with van der Waals surface area (Å²) in [7, 11) is 0. The second-order valence-electron chi connectivity index (χ2n) is 3.27. The molecule has 3 N–H and O–H groups in total. The van der Waals surface area contributed by atoms with Crippen LogP contribution in [0, 0.1) is 10.5 Å². The van der Waals surface area contributed by atoms with Gasteiger partial charge in [-0.3, -0.25) is 0 Å². The molecule has 0 aliphatic carbocycles. The summed E-state index contributed by atoms with van der Waals surface area (Å²) < 4.78 is 1.15. The second kappa shape index (κ2) is 4.39. The number of aryl methyl sites for hydroxylation is 1. The smallest absolute Gasteiger partial charge is 0.0704 e. The van der Waals surface area contributed by atoms with Gasteiger partial charge in [0.1, 0.15) is 0 Å². The summed E-state index contributed by atoms with van der Waals surface area (Å²) in [6.07, 6.45) is -0.503. The third-order valence-electron chi connectivity index (χ3n) is 2.12. The Bertz CT molecular complexity index is 299. The molecular weight excluding hydrogens is 277 g/mol. The van der Waals surface area contributed by atoms with Gasteiger partial charge in [-0.2, -0.15) is 0 Å². The Morgan fingerprint density at radius 1 is 1.46 bits per heavy atom. The highest BCUT2D eigenvalue weighted by Gasteiger charge is 2.14. The molecule has 0 saturated carbocycles. The molecule has 0 aliphatic heterocycles. The third kappa shape index (κ3) is 2.65. The minimum absolute atomic E-state index is 0.283. The molecule has 1 unspecified atom stereocenters. The molecule has 0 radical (unpaired) electrons. The van der Waals surface area contributed by atoms with Crippen LogP contribution >= 0.6 is 22.6 Å². The maximum absolute atomic E-state index is 9.36. The molecule has 1 aromatic rings. The van der Waals surface area contributed by atoms with Gasteiger partial charge >= 0.3 is 0 Å². The van der Waals surface area contributed by atoms with Crippen LogP contribution in [-0.4, -0.2) is 11.2 Å². The monoisotopic (exact) mass is 291 g/mol. The van der Waals surface area contributed by atoms with E-state index >= 15 is 0 Å². The highest BCUT2D eigenvalue weighted by atomic mass is 127. The van der Waals surface area contributed by atoms with Gasteiger partial charge in [0.15, 0.2) is 0 Å². The number of aliphatic hydroxyl groups excluding tert-OH is 1. The minimum Gasteiger partial charge on any atom is -0.391 e. The van der Waals surface area contributed by atoms with Crippen molar-refractivity contribution in [3.8, 4) is 0 Å². The van der Waals surface area contributed by atoms with Crippen LogP contribution in [0.5, 0.6) is 0 Å². The minimum atomic E-state index is -0.503. The van der Waals surface area contributed by atoms with Crippen molar-refractivity contribution in [2.75, 3.05) is 0 Å². The number of rotatable bonds is 2. The number of halogens is 1. The van der Waals surface area contributed by atoms with Crippen molar-refractivity contribution in [1.29, 1.82) is 0 Å². The van der Waals surface area contributed by atoms with E-state index in [1.165, 1.54) is 0 Å². The van der Waals surface area contributed by atoms with Crippen molar-refractivity contribution in [2.24, 2.45) is 5.73 Å². The van der Waals surface area contributed by atoms with Crippen LogP contribution in [0.3, 0.4) is 0 Å². The molecule has 0 fully saturated rings. The Morgan fingerprint density at radius 3 is 2.62 bits per heavy atom. The lowest BCUT2D eigenvalue weighted by Gasteiger charge is -2.17. The Morgan fingerprint density at radius 2 is 2.08 bits per heavy atom. The van der Waals surface area contributed by atoms with E-state index in [0.717, 1.165) is 14.7 Å². The highest BCUT2D eigenvalue weighted by Crippen LogP contribution is 2.20. The molecule has 1 rings (SSSR count). The van der Waals surface area contributed by atoms with E-state index in [2.05, 4.69) is 22.6 Å². The van der Waals surface area contributed by atoms with Gasteiger partial charge in [0.05, 0.1) is 12.1 Å². The number of hydrogen-bond acceptors (Lipinski definition) is 2. The highest BCUT2D eigenvalue weighted by molar-refractivity contribution is 14.1. The molecule has 0 bridgehead atoms. The molecule has 0 saturated heterocycles. The first kappa shape index (κ1) is 10.9. The molecule has 0 amide bonds. The number of nitrogens with two attached hydrogens (primary N) is 1. The molecule has 3 heteroatoms. The van der Waals surface area contributed by atoms with Crippen molar-refractivity contribution in [3.63, 3.8) is 0 Å². The van der Waals surface area contributed by atoms with Crippen LogP contribution in [0.15, 0.2) is 18.2 Å². The van der Waals surface area contributed by atoms with E-state index < -0.39 is 6.10 Å². The van der Waals surface area contributed by atoms with Crippen LogP contribution in [0.25, 0.3) is 0 Å². The first-order valence-corrected chi connectivity index (χ1v) is 5.30. The summed E-state index contributed by atoms with van der Waals surface area (Å²) in [6, 6.07) is 5.80. The van der Waals surface area contributed by atoms with Gasteiger partial charge in [-0.15, -0.1) is 0 Å². The summed E-state index contributed by atoms with van der Waals surface area (Å²) >= 11 is 2.24. The average Bonchev–Trinajstić information content (AvgIpc) is 2.08. The van der Waals surface area contributed by atoms with Crippen LogP contribution in [0.2, 0.25) is 0 Å². The zero-order valence-electron chi connectivity index (χ0n) is 7.79. The first-order chi connectivity index (χ1) is 6.02. The molecule has 0 aliphatic rings. The molecule has 0 aromatic heterocycles. The first-order valence-electron chi connectivity index (χ1n) is 4.22. The number of benzene rings is 1. The zero-order chi connectivity index (χ0) is 10.0. The van der Waals surface area contributed by atoms with E-state index in [4.69, 9.17) is 5.73 Å². The van der Waals surface area contributed by atoms with Gasteiger partial charge in [-0.25, -0.2) is 0 Å². The molecule has 0 spiro atoms. The second-order valence-corrected chi connectivity index (χ2v) is 4.51. The van der Waals surface area contributed by atoms with Gasteiger partial charge in [0.25, 0.3) is 0 Å². The summed E-state index contributed by atoms with van der Waals surface area (Å²) in [4.78, 5) is 0. The fourth-order valence-corrected chi connectivity index (χ4v) is 1.75. The average molecular weight is 291 g/mol. The van der Waals surface area contributed by atoms with E-state index in [1.807, 2.05) is 25.1 Å². The van der Waals surface area contributed by atoms with Crippen molar-refractivity contribution in [2.45, 2.75) is 26.0 Å². The van der Waals surface area contributed by atoms with Gasteiger partial charge in [0, 0.05) is 3.57 Å². The molecule has 1 aromatic carbocycles. The summed E-state index contributed by atoms with van der Waals surface area (Å²) in [5, 5.41) is 9.36. The van der Waals surface area contributed by atoms with Crippen LogP contribution < -0.4 is 5.73 Å². The Kier molecular flexibility index (Phi) is 3.70. The van der Waals surface area contributed by atoms with Crippen molar-refractivity contribution < 1.29 is 5.11 Å². The fourth-order valence-electron chi connectivity index (χ4n) is 1.23. The lowest BCUT2D eigenvalue weighted by atomic mass is 9.99. The largest absolute Gasteiger partial charge is 0.391 e. The SMILES string of the molecule is Cc1ccc(I)cc1[C@H](N)C(C)O. The van der Waals surface area contributed by atoms with E-state index in [1.54, 1.807) is 6.92 Å². The Hall–Kier alpha value is -0.130. The summed E-state index contributed by atoms with van der Waals surface area (Å²) in [5.41, 5.74) is 8.02. The fraction of sp³-hybridized carbons (Fsp3) is 0.400. The van der Waals surface area contributed by atoms with Gasteiger partial charge in [0.2, 0.25) is 0 Å². The molecule has 72 valence electrons. The standard InChI is InChI=1S/C10H14INO/c1-6-3-4-8(11)5-9(6)10(12)7(2)13/h3-5,7,10,13H,12H2,1-2H3/t7?,10-/m1/s1. The van der Waals surface area contributed by atoms with Crippen molar-refractivity contribution >= 4 is 22.6 Å². The van der Waals surface area contributed by atoms with E-state index in [-0.39, 0.29) is 6.04 Å². The molecule has 13 heavy (non-hydrogen) atoms. The van der Waals surface area contributed by atoms with Gasteiger partial charge in [-0.1, -0.05) is 6.07 Å². The van der Waals surface area contributed by atoms with Gasteiger partial charge < -0.3 is 10.8 Å². The van der Waals surface area contributed by atoms with Crippen molar-refractivity contribution in [3.05, 3.63) is 32.9 Å². The lowest BCUT2D eigenvalue weighted by Crippen LogP contribution is -2.24. The topological polar surface area (TPSA) is 46.2 Å². The van der Waals surface area contributed by atoms with Crippen molar-refractivity contribution in [1.82, 2.24) is 0 Å². The maximum Gasteiger partial charge on any atom is 0.0704 e. The zero-order valence-corrected chi connectivity index (χ0v) is 9.95. The lowest BCUT2D eigenvalue weighted by molar-refractivity contribution is 0.164. The normalized spacial score (nSPS) is 15.5. The summed E-state index contributed by atoms with van der Waals surface area (Å²) in [5.74, 6) is 0. The van der Waals surface area contributed by atoms with E-state index in [9.17, 15) is 5.11 Å². The molecule has 2 atom stereocenters. The maximum atomic E-state index is 9.36.